The number of hydrogen-bond acceptors (Lipinski definition) is 2. The first kappa shape index (κ1) is 13.8. The predicted molar refractivity (Wildman–Crippen MR) is 80.8 cm³/mol. The first-order valence-corrected chi connectivity index (χ1v) is 7.52. The van der Waals surface area contributed by atoms with E-state index in [1.165, 1.54) is 29.8 Å². The second-order valence-electron chi connectivity index (χ2n) is 5.27. The largest absolute Gasteiger partial charge is 0.506 e. The van der Waals surface area contributed by atoms with E-state index < -0.39 is 0 Å². The molecule has 3 nitrogen and oxygen atoms in total. The molecule has 0 saturated heterocycles. The summed E-state index contributed by atoms with van der Waals surface area (Å²) in [4.78, 5) is 0. The molecule has 3 rings (SSSR count). The SMILES string of the molecule is Cn1nc2c(c1Cc1cc(O)c(Cl)cc1Cl)CCCC2. The van der Waals surface area contributed by atoms with Crippen LogP contribution in [0.4, 0.5) is 0 Å². The Morgan fingerprint density at radius 3 is 2.75 bits per heavy atom. The van der Waals surface area contributed by atoms with Crippen molar-refractivity contribution in [3.8, 4) is 5.75 Å². The van der Waals surface area contributed by atoms with E-state index in [1.54, 1.807) is 12.1 Å². The summed E-state index contributed by atoms with van der Waals surface area (Å²) in [6, 6.07) is 3.24. The fraction of sp³-hybridized carbons (Fsp3) is 0.400. The Kier molecular flexibility index (Phi) is 3.65. The molecule has 1 aromatic heterocycles. The monoisotopic (exact) mass is 310 g/mol. The van der Waals surface area contributed by atoms with E-state index in [2.05, 4.69) is 5.10 Å². The Morgan fingerprint density at radius 2 is 1.95 bits per heavy atom. The summed E-state index contributed by atoms with van der Waals surface area (Å²) in [6.07, 6.45) is 5.23. The van der Waals surface area contributed by atoms with E-state index in [-0.39, 0.29) is 10.8 Å². The van der Waals surface area contributed by atoms with Crippen LogP contribution in [0.3, 0.4) is 0 Å². The first-order valence-electron chi connectivity index (χ1n) is 6.76. The number of aromatic hydroxyl groups is 1. The van der Waals surface area contributed by atoms with Gasteiger partial charge in [0.2, 0.25) is 0 Å². The standard InChI is InChI=1S/C15H16Cl2N2O/c1-19-14(10-4-2-3-5-13(10)18-19)6-9-7-15(20)12(17)8-11(9)16/h7-8,20H,2-6H2,1H3. The van der Waals surface area contributed by atoms with Gasteiger partial charge in [0.05, 0.1) is 10.7 Å². The Hall–Kier alpha value is -1.19. The number of nitrogens with zero attached hydrogens (tertiary/aromatic N) is 2. The number of fused-ring (bicyclic) bond motifs is 1. The third-order valence-corrected chi connectivity index (χ3v) is 4.58. The van der Waals surface area contributed by atoms with Gasteiger partial charge in [-0.25, -0.2) is 0 Å². The molecule has 1 aliphatic carbocycles. The van der Waals surface area contributed by atoms with Crippen molar-refractivity contribution in [3.05, 3.63) is 44.7 Å². The second-order valence-corrected chi connectivity index (χ2v) is 6.09. The van der Waals surface area contributed by atoms with Gasteiger partial charge >= 0.3 is 0 Å². The summed E-state index contributed by atoms with van der Waals surface area (Å²) in [7, 11) is 1.97. The molecule has 0 amide bonds. The van der Waals surface area contributed by atoms with Crippen LogP contribution in [0.25, 0.3) is 0 Å². The molecule has 20 heavy (non-hydrogen) atoms. The van der Waals surface area contributed by atoms with Crippen LogP contribution in [-0.4, -0.2) is 14.9 Å². The van der Waals surface area contributed by atoms with Crippen LogP contribution >= 0.6 is 23.2 Å². The average molecular weight is 311 g/mol. The number of benzene rings is 1. The first-order chi connectivity index (χ1) is 9.56. The maximum Gasteiger partial charge on any atom is 0.134 e. The number of phenolic OH excluding ortho intramolecular Hbond substituents is 1. The Balaban J connectivity index is 1.99. The Morgan fingerprint density at radius 1 is 1.20 bits per heavy atom. The van der Waals surface area contributed by atoms with Crippen molar-refractivity contribution in [3.63, 3.8) is 0 Å². The van der Waals surface area contributed by atoms with Crippen molar-refractivity contribution in [2.75, 3.05) is 0 Å². The lowest BCUT2D eigenvalue weighted by Gasteiger charge is -2.12. The molecule has 2 aromatic rings. The van der Waals surface area contributed by atoms with E-state index in [4.69, 9.17) is 23.2 Å². The normalized spacial score (nSPS) is 14.3. The molecule has 0 atom stereocenters. The van der Waals surface area contributed by atoms with Gasteiger partial charge in [0, 0.05) is 24.2 Å². The maximum atomic E-state index is 9.75. The topological polar surface area (TPSA) is 38.0 Å². The zero-order valence-corrected chi connectivity index (χ0v) is 12.8. The van der Waals surface area contributed by atoms with Gasteiger partial charge in [-0.15, -0.1) is 0 Å². The molecule has 0 bridgehead atoms. The van der Waals surface area contributed by atoms with Crippen LogP contribution in [0, 0.1) is 0 Å². The molecule has 0 radical (unpaired) electrons. The van der Waals surface area contributed by atoms with Gasteiger partial charge in [-0.3, -0.25) is 4.68 Å². The minimum atomic E-state index is 0.0714. The molecule has 1 aliphatic rings. The zero-order chi connectivity index (χ0) is 14.3. The molecule has 106 valence electrons. The molecule has 1 heterocycles. The lowest BCUT2D eigenvalue weighted by molar-refractivity contribution is 0.475. The third kappa shape index (κ3) is 2.40. The van der Waals surface area contributed by atoms with Gasteiger partial charge < -0.3 is 5.11 Å². The summed E-state index contributed by atoms with van der Waals surface area (Å²) >= 11 is 12.1. The highest BCUT2D eigenvalue weighted by molar-refractivity contribution is 6.36. The highest BCUT2D eigenvalue weighted by Gasteiger charge is 2.20. The van der Waals surface area contributed by atoms with Crippen LogP contribution in [0.5, 0.6) is 5.75 Å². The van der Waals surface area contributed by atoms with Crippen molar-refractivity contribution < 1.29 is 5.11 Å². The maximum absolute atomic E-state index is 9.75. The van der Waals surface area contributed by atoms with Crippen LogP contribution in [0.1, 0.15) is 35.4 Å². The van der Waals surface area contributed by atoms with Gasteiger partial charge in [-0.05, 0) is 48.9 Å². The van der Waals surface area contributed by atoms with E-state index in [0.29, 0.717) is 11.4 Å². The number of rotatable bonds is 2. The third-order valence-electron chi connectivity index (χ3n) is 3.92. The van der Waals surface area contributed by atoms with E-state index >= 15 is 0 Å². The van der Waals surface area contributed by atoms with Gasteiger partial charge in [-0.1, -0.05) is 23.2 Å². The van der Waals surface area contributed by atoms with Gasteiger partial charge in [-0.2, -0.15) is 5.10 Å². The Labute approximate surface area is 128 Å². The lowest BCUT2D eigenvalue weighted by Crippen LogP contribution is -2.04. The second kappa shape index (κ2) is 5.30. The molecule has 0 fully saturated rings. The van der Waals surface area contributed by atoms with E-state index in [9.17, 15) is 5.11 Å². The molecular weight excluding hydrogens is 295 g/mol. The molecule has 5 heteroatoms. The van der Waals surface area contributed by atoms with Crippen molar-refractivity contribution in [2.45, 2.75) is 32.1 Å². The van der Waals surface area contributed by atoms with Gasteiger partial charge in [0.15, 0.2) is 0 Å². The van der Waals surface area contributed by atoms with Crippen LogP contribution in [0.15, 0.2) is 12.1 Å². The molecule has 0 saturated carbocycles. The minimum absolute atomic E-state index is 0.0714. The summed E-state index contributed by atoms with van der Waals surface area (Å²) in [5, 5.41) is 15.2. The van der Waals surface area contributed by atoms with Crippen molar-refractivity contribution in [2.24, 2.45) is 7.05 Å². The molecule has 0 unspecified atom stereocenters. The quantitative estimate of drug-likeness (QED) is 0.913. The van der Waals surface area contributed by atoms with Gasteiger partial charge in [0.25, 0.3) is 0 Å². The van der Waals surface area contributed by atoms with Crippen LogP contribution in [0.2, 0.25) is 10.0 Å². The molecular formula is C15H16Cl2N2O. The zero-order valence-electron chi connectivity index (χ0n) is 11.3. The summed E-state index contributed by atoms with van der Waals surface area (Å²) in [6.45, 7) is 0. The average Bonchev–Trinajstić information content (AvgIpc) is 2.72. The number of aromatic nitrogens is 2. The number of halogens is 2. The number of aryl methyl sites for hydroxylation is 2. The molecule has 0 spiro atoms. The van der Waals surface area contributed by atoms with Crippen molar-refractivity contribution >= 4 is 23.2 Å². The smallest absolute Gasteiger partial charge is 0.134 e. The number of phenols is 1. The molecule has 0 aliphatic heterocycles. The minimum Gasteiger partial charge on any atom is -0.506 e. The van der Waals surface area contributed by atoms with Crippen molar-refractivity contribution in [1.82, 2.24) is 9.78 Å². The van der Waals surface area contributed by atoms with E-state index in [0.717, 1.165) is 18.4 Å². The summed E-state index contributed by atoms with van der Waals surface area (Å²) in [5.74, 6) is 0.0714. The summed E-state index contributed by atoms with van der Waals surface area (Å²) < 4.78 is 1.94. The van der Waals surface area contributed by atoms with E-state index in [1.807, 2.05) is 11.7 Å². The highest BCUT2D eigenvalue weighted by Crippen LogP contribution is 2.33. The fourth-order valence-electron chi connectivity index (χ4n) is 2.87. The predicted octanol–water partition coefficient (Wildman–Crippen LogP) is 3.90. The molecule has 1 N–H and O–H groups in total. The molecule has 1 aromatic carbocycles. The lowest BCUT2D eigenvalue weighted by atomic mass is 9.94. The van der Waals surface area contributed by atoms with Gasteiger partial charge in [0.1, 0.15) is 5.75 Å². The van der Waals surface area contributed by atoms with Crippen LogP contribution in [-0.2, 0) is 26.3 Å². The highest BCUT2D eigenvalue weighted by atomic mass is 35.5. The van der Waals surface area contributed by atoms with Crippen molar-refractivity contribution in [1.29, 1.82) is 0 Å². The van der Waals surface area contributed by atoms with Crippen LogP contribution < -0.4 is 0 Å². The number of hydrogen-bond donors (Lipinski definition) is 1. The Bertz CT molecular complexity index is 664. The summed E-state index contributed by atoms with van der Waals surface area (Å²) in [5.41, 5.74) is 4.63. The fourth-order valence-corrected chi connectivity index (χ4v) is 3.32.